The number of aliphatic carboxylic acids is 1. The number of amides is 1. The van der Waals surface area contributed by atoms with Crippen molar-refractivity contribution in [3.05, 3.63) is 48.0 Å². The molecular weight excluding hydrogens is 256 g/mol. The topological polar surface area (TPSA) is 90.2 Å². The fourth-order valence-corrected chi connectivity index (χ4v) is 1.66. The molecule has 2 N–H and O–H groups in total. The van der Waals surface area contributed by atoms with Gasteiger partial charge in [0.15, 0.2) is 0 Å². The standard InChI is InChI=1S/C15H16N2O3/c1-2-3-4-5-13(15(19)20)17-14(18)12-8-6-11(10-16)7-9-12/h2,6-9,13H,1,3-5H2,(H,17,18)(H,19,20)/t13-/m0/s1. The first-order valence-electron chi connectivity index (χ1n) is 6.23. The van der Waals surface area contributed by atoms with E-state index in [1.54, 1.807) is 6.08 Å². The summed E-state index contributed by atoms with van der Waals surface area (Å²) in [5.41, 5.74) is 0.779. The Balaban J connectivity index is 2.67. The molecule has 0 aromatic heterocycles. The van der Waals surface area contributed by atoms with Crippen LogP contribution in [0.5, 0.6) is 0 Å². The molecule has 0 saturated carbocycles. The number of unbranched alkanes of at least 4 members (excludes halogenated alkanes) is 1. The number of nitrogens with zero attached hydrogens (tertiary/aromatic N) is 1. The van der Waals surface area contributed by atoms with Gasteiger partial charge in [0.25, 0.3) is 5.91 Å². The summed E-state index contributed by atoms with van der Waals surface area (Å²) >= 11 is 0. The van der Waals surface area contributed by atoms with Crippen molar-refractivity contribution in [3.63, 3.8) is 0 Å². The maximum absolute atomic E-state index is 11.9. The minimum absolute atomic E-state index is 0.332. The van der Waals surface area contributed by atoms with Gasteiger partial charge in [0.1, 0.15) is 6.04 Å². The smallest absolute Gasteiger partial charge is 0.326 e. The van der Waals surface area contributed by atoms with E-state index >= 15 is 0 Å². The predicted octanol–water partition coefficient (Wildman–Crippen LogP) is 2.10. The minimum atomic E-state index is -1.06. The van der Waals surface area contributed by atoms with Crippen LogP contribution in [0.25, 0.3) is 0 Å². The summed E-state index contributed by atoms with van der Waals surface area (Å²) in [6, 6.07) is 7.06. The quantitative estimate of drug-likeness (QED) is 0.587. The summed E-state index contributed by atoms with van der Waals surface area (Å²) < 4.78 is 0. The number of hydrogen-bond donors (Lipinski definition) is 2. The van der Waals surface area contributed by atoms with E-state index in [1.165, 1.54) is 24.3 Å². The van der Waals surface area contributed by atoms with Gasteiger partial charge < -0.3 is 10.4 Å². The van der Waals surface area contributed by atoms with Gasteiger partial charge in [0.05, 0.1) is 11.6 Å². The average molecular weight is 272 g/mol. The highest BCUT2D eigenvalue weighted by molar-refractivity contribution is 5.96. The van der Waals surface area contributed by atoms with Crippen LogP contribution in [-0.4, -0.2) is 23.0 Å². The van der Waals surface area contributed by atoms with E-state index in [-0.39, 0.29) is 0 Å². The number of rotatable bonds is 7. The Morgan fingerprint density at radius 3 is 2.55 bits per heavy atom. The molecule has 0 heterocycles. The van der Waals surface area contributed by atoms with Gasteiger partial charge in [-0.05, 0) is 43.5 Å². The highest BCUT2D eigenvalue weighted by atomic mass is 16.4. The van der Waals surface area contributed by atoms with Crippen molar-refractivity contribution in [1.29, 1.82) is 5.26 Å². The number of benzene rings is 1. The third-order valence-corrected chi connectivity index (χ3v) is 2.78. The van der Waals surface area contributed by atoms with Crippen LogP contribution in [0.2, 0.25) is 0 Å². The maximum atomic E-state index is 11.9. The highest BCUT2D eigenvalue weighted by Gasteiger charge is 2.19. The molecule has 0 radical (unpaired) electrons. The zero-order valence-electron chi connectivity index (χ0n) is 11.0. The van der Waals surface area contributed by atoms with Gasteiger partial charge in [-0.3, -0.25) is 4.79 Å². The van der Waals surface area contributed by atoms with Crippen molar-refractivity contribution in [2.45, 2.75) is 25.3 Å². The number of carbonyl (C=O) groups is 2. The van der Waals surface area contributed by atoms with E-state index in [4.69, 9.17) is 10.4 Å². The van der Waals surface area contributed by atoms with E-state index < -0.39 is 17.9 Å². The Morgan fingerprint density at radius 2 is 2.05 bits per heavy atom. The molecule has 20 heavy (non-hydrogen) atoms. The number of allylic oxidation sites excluding steroid dienone is 1. The molecule has 1 aromatic rings. The van der Waals surface area contributed by atoms with Gasteiger partial charge in [-0.1, -0.05) is 6.08 Å². The van der Waals surface area contributed by atoms with E-state index in [1.807, 2.05) is 6.07 Å². The molecule has 0 saturated heterocycles. The Labute approximate surface area is 117 Å². The van der Waals surface area contributed by atoms with Crippen LogP contribution in [0.1, 0.15) is 35.2 Å². The fraction of sp³-hybridized carbons (Fsp3) is 0.267. The Morgan fingerprint density at radius 1 is 1.40 bits per heavy atom. The van der Waals surface area contributed by atoms with Gasteiger partial charge in [0, 0.05) is 5.56 Å². The molecule has 0 aliphatic rings. The highest BCUT2D eigenvalue weighted by Crippen LogP contribution is 2.06. The molecule has 5 nitrogen and oxygen atoms in total. The van der Waals surface area contributed by atoms with E-state index in [2.05, 4.69) is 11.9 Å². The van der Waals surface area contributed by atoms with E-state index in [9.17, 15) is 9.59 Å². The van der Waals surface area contributed by atoms with Gasteiger partial charge in [-0.2, -0.15) is 5.26 Å². The van der Waals surface area contributed by atoms with Crippen molar-refractivity contribution >= 4 is 11.9 Å². The molecule has 0 aliphatic carbocycles. The Bertz CT molecular complexity index is 529. The molecule has 1 amide bonds. The van der Waals surface area contributed by atoms with Crippen LogP contribution in [-0.2, 0) is 4.79 Å². The van der Waals surface area contributed by atoms with Crippen molar-refractivity contribution in [2.75, 3.05) is 0 Å². The second kappa shape index (κ2) is 7.74. The lowest BCUT2D eigenvalue weighted by Crippen LogP contribution is -2.40. The summed E-state index contributed by atoms with van der Waals surface area (Å²) in [4.78, 5) is 23.0. The van der Waals surface area contributed by atoms with Crippen molar-refractivity contribution in [2.24, 2.45) is 0 Å². The van der Waals surface area contributed by atoms with Crippen LogP contribution >= 0.6 is 0 Å². The van der Waals surface area contributed by atoms with E-state index in [0.717, 1.165) is 0 Å². The van der Waals surface area contributed by atoms with Gasteiger partial charge >= 0.3 is 5.97 Å². The normalized spacial score (nSPS) is 11.2. The zero-order chi connectivity index (χ0) is 15.0. The lowest BCUT2D eigenvalue weighted by molar-refractivity contribution is -0.139. The van der Waals surface area contributed by atoms with E-state index in [0.29, 0.717) is 30.4 Å². The van der Waals surface area contributed by atoms with Crippen LogP contribution in [0.4, 0.5) is 0 Å². The van der Waals surface area contributed by atoms with Crippen LogP contribution in [0.3, 0.4) is 0 Å². The number of hydrogen-bond acceptors (Lipinski definition) is 3. The first-order valence-corrected chi connectivity index (χ1v) is 6.23. The molecule has 0 fully saturated rings. The van der Waals surface area contributed by atoms with Crippen molar-refractivity contribution in [1.82, 2.24) is 5.32 Å². The second-order valence-corrected chi connectivity index (χ2v) is 4.27. The number of carboxylic acids is 1. The lowest BCUT2D eigenvalue weighted by Gasteiger charge is -2.14. The van der Waals surface area contributed by atoms with Gasteiger partial charge in [0.2, 0.25) is 0 Å². The number of nitrogens with one attached hydrogen (secondary N) is 1. The van der Waals surface area contributed by atoms with Crippen LogP contribution in [0.15, 0.2) is 36.9 Å². The first kappa shape index (κ1) is 15.4. The van der Waals surface area contributed by atoms with Crippen molar-refractivity contribution < 1.29 is 14.7 Å². The van der Waals surface area contributed by atoms with Crippen LogP contribution < -0.4 is 5.32 Å². The molecule has 1 rings (SSSR count). The van der Waals surface area contributed by atoms with Gasteiger partial charge in [-0.25, -0.2) is 4.79 Å². The summed E-state index contributed by atoms with van der Waals surface area (Å²) in [7, 11) is 0. The second-order valence-electron chi connectivity index (χ2n) is 4.27. The SMILES string of the molecule is C=CCCC[C@H](NC(=O)c1ccc(C#N)cc1)C(=O)O. The molecule has 0 unspecified atom stereocenters. The largest absolute Gasteiger partial charge is 0.480 e. The molecule has 5 heteroatoms. The van der Waals surface area contributed by atoms with Crippen LogP contribution in [0, 0.1) is 11.3 Å². The summed E-state index contributed by atoms with van der Waals surface area (Å²) in [6.45, 7) is 3.57. The fourth-order valence-electron chi connectivity index (χ4n) is 1.66. The zero-order valence-corrected chi connectivity index (χ0v) is 11.0. The third kappa shape index (κ3) is 4.58. The number of nitriles is 1. The first-order chi connectivity index (χ1) is 9.58. The number of carbonyl (C=O) groups excluding carboxylic acids is 1. The molecule has 0 spiro atoms. The molecule has 0 aliphatic heterocycles. The Kier molecular flexibility index (Phi) is 5.98. The lowest BCUT2D eigenvalue weighted by atomic mass is 10.1. The molecular formula is C15H16N2O3. The molecule has 0 bridgehead atoms. The summed E-state index contributed by atoms with van der Waals surface area (Å²) in [6.07, 6.45) is 3.41. The Hall–Kier alpha value is -2.61. The molecule has 1 atom stereocenters. The monoisotopic (exact) mass is 272 g/mol. The maximum Gasteiger partial charge on any atom is 0.326 e. The minimum Gasteiger partial charge on any atom is -0.480 e. The third-order valence-electron chi connectivity index (χ3n) is 2.78. The molecule has 104 valence electrons. The summed E-state index contributed by atoms with van der Waals surface area (Å²) in [5, 5.41) is 20.2. The van der Waals surface area contributed by atoms with Crippen molar-refractivity contribution in [3.8, 4) is 6.07 Å². The summed E-state index contributed by atoms with van der Waals surface area (Å²) in [5.74, 6) is -1.52. The molecule has 1 aromatic carbocycles. The average Bonchev–Trinajstić information content (AvgIpc) is 2.46. The number of carboxylic acid groups (broad SMARTS) is 1. The van der Waals surface area contributed by atoms with Gasteiger partial charge in [-0.15, -0.1) is 6.58 Å². The predicted molar refractivity (Wildman–Crippen MR) is 74.1 cm³/mol.